The predicted molar refractivity (Wildman–Crippen MR) is 80.1 cm³/mol. The minimum atomic E-state index is -0.889. The number of nitrogens with zero attached hydrogens (tertiary/aromatic N) is 5. The summed E-state index contributed by atoms with van der Waals surface area (Å²) in [6, 6.07) is 0. The molecular formula is C12H19N5O3S. The van der Waals surface area contributed by atoms with Crippen molar-refractivity contribution in [3.05, 3.63) is 0 Å². The maximum atomic E-state index is 11.0. The average Bonchev–Trinajstić information content (AvgIpc) is 2.47. The molecule has 0 saturated carbocycles. The molecule has 1 N–H and O–H groups in total. The Morgan fingerprint density at radius 1 is 1.33 bits per heavy atom. The molecular weight excluding hydrogens is 294 g/mol. The molecule has 1 aliphatic rings. The molecule has 2 rings (SSSR count). The third kappa shape index (κ3) is 4.18. The Kier molecular flexibility index (Phi) is 5.18. The van der Waals surface area contributed by atoms with Gasteiger partial charge in [0.25, 0.3) is 0 Å². The summed E-state index contributed by atoms with van der Waals surface area (Å²) in [4.78, 5) is 27.9. The van der Waals surface area contributed by atoms with Crippen molar-refractivity contribution < 1.29 is 14.6 Å². The summed E-state index contributed by atoms with van der Waals surface area (Å²) in [5, 5.41) is 8.82. The van der Waals surface area contributed by atoms with Gasteiger partial charge >= 0.3 is 5.97 Å². The standard InChI is InChI=1S/C12H19N5O3S/c1-8(9(18)19)21-12-14-10(16(2)3)13-11(15-12)17-4-6-20-7-5-17/h8H,4-7H2,1-3H3,(H,18,19). The molecule has 1 atom stereocenters. The van der Waals surface area contributed by atoms with Crippen LogP contribution < -0.4 is 9.80 Å². The van der Waals surface area contributed by atoms with Crippen molar-refractivity contribution in [2.45, 2.75) is 17.3 Å². The molecule has 1 aliphatic heterocycles. The van der Waals surface area contributed by atoms with Crippen LogP contribution in [0, 0.1) is 0 Å². The first-order valence-electron chi connectivity index (χ1n) is 6.63. The number of anilines is 2. The van der Waals surface area contributed by atoms with Gasteiger partial charge in [0.05, 0.1) is 13.2 Å². The molecule has 21 heavy (non-hydrogen) atoms. The number of hydrogen-bond acceptors (Lipinski definition) is 8. The second kappa shape index (κ2) is 6.90. The van der Waals surface area contributed by atoms with Crippen molar-refractivity contribution in [2.75, 3.05) is 50.2 Å². The third-order valence-corrected chi connectivity index (χ3v) is 3.86. The lowest BCUT2D eigenvalue weighted by atomic mass is 10.4. The van der Waals surface area contributed by atoms with E-state index >= 15 is 0 Å². The molecule has 9 heteroatoms. The molecule has 0 bridgehead atoms. The Labute approximate surface area is 127 Å². The van der Waals surface area contributed by atoms with Gasteiger partial charge in [0.15, 0.2) is 5.16 Å². The van der Waals surface area contributed by atoms with Crippen LogP contribution in [-0.4, -0.2) is 71.7 Å². The molecule has 0 aromatic carbocycles. The van der Waals surface area contributed by atoms with E-state index in [1.165, 1.54) is 0 Å². The van der Waals surface area contributed by atoms with E-state index in [1.54, 1.807) is 11.8 Å². The topological polar surface area (TPSA) is 91.7 Å². The molecule has 116 valence electrons. The second-order valence-corrected chi connectivity index (χ2v) is 6.12. The highest BCUT2D eigenvalue weighted by Gasteiger charge is 2.20. The van der Waals surface area contributed by atoms with Crippen LogP contribution in [-0.2, 0) is 9.53 Å². The summed E-state index contributed by atoms with van der Waals surface area (Å²) in [5.41, 5.74) is 0. The van der Waals surface area contributed by atoms with E-state index in [-0.39, 0.29) is 0 Å². The van der Waals surface area contributed by atoms with Crippen LogP contribution in [0.4, 0.5) is 11.9 Å². The van der Waals surface area contributed by atoms with Gasteiger partial charge in [-0.1, -0.05) is 11.8 Å². The van der Waals surface area contributed by atoms with Gasteiger partial charge in [-0.2, -0.15) is 15.0 Å². The summed E-state index contributed by atoms with van der Waals surface area (Å²) in [5.74, 6) is 0.198. The smallest absolute Gasteiger partial charge is 0.316 e. The van der Waals surface area contributed by atoms with E-state index in [4.69, 9.17) is 9.84 Å². The van der Waals surface area contributed by atoms with Gasteiger partial charge in [-0.15, -0.1) is 0 Å². The van der Waals surface area contributed by atoms with E-state index < -0.39 is 11.2 Å². The Morgan fingerprint density at radius 2 is 2.00 bits per heavy atom. The maximum absolute atomic E-state index is 11.0. The van der Waals surface area contributed by atoms with Crippen molar-refractivity contribution in [3.8, 4) is 0 Å². The number of carbonyl (C=O) groups is 1. The van der Waals surface area contributed by atoms with Crippen LogP contribution in [0.2, 0.25) is 0 Å². The second-order valence-electron chi connectivity index (χ2n) is 4.81. The fourth-order valence-corrected chi connectivity index (χ4v) is 2.39. The number of ether oxygens (including phenoxy) is 1. The largest absolute Gasteiger partial charge is 0.480 e. The van der Waals surface area contributed by atoms with Crippen LogP contribution in [0.25, 0.3) is 0 Å². The van der Waals surface area contributed by atoms with Crippen molar-refractivity contribution in [1.82, 2.24) is 15.0 Å². The van der Waals surface area contributed by atoms with Crippen LogP contribution in [0.5, 0.6) is 0 Å². The fourth-order valence-electron chi connectivity index (χ4n) is 1.70. The number of hydrogen-bond donors (Lipinski definition) is 1. The minimum absolute atomic E-state index is 0.421. The van der Waals surface area contributed by atoms with Gasteiger partial charge < -0.3 is 19.6 Å². The number of thioether (sulfide) groups is 1. The lowest BCUT2D eigenvalue weighted by Crippen LogP contribution is -2.37. The number of rotatable bonds is 5. The van der Waals surface area contributed by atoms with Gasteiger partial charge in [-0.3, -0.25) is 4.79 Å². The van der Waals surface area contributed by atoms with Crippen LogP contribution in [0.3, 0.4) is 0 Å². The number of aromatic nitrogens is 3. The van der Waals surface area contributed by atoms with Crippen molar-refractivity contribution in [2.24, 2.45) is 0 Å². The van der Waals surface area contributed by atoms with E-state index in [2.05, 4.69) is 15.0 Å². The zero-order valence-corrected chi connectivity index (χ0v) is 13.1. The van der Waals surface area contributed by atoms with Crippen LogP contribution in [0.1, 0.15) is 6.92 Å². The summed E-state index contributed by atoms with van der Waals surface area (Å²) in [6.45, 7) is 4.32. The molecule has 1 fully saturated rings. The van der Waals surface area contributed by atoms with E-state index in [0.29, 0.717) is 30.3 Å². The molecule has 0 amide bonds. The average molecular weight is 313 g/mol. The molecule has 0 spiro atoms. The predicted octanol–water partition coefficient (Wildman–Crippen LogP) is 0.339. The molecule has 1 unspecified atom stereocenters. The molecule has 0 aliphatic carbocycles. The molecule has 0 radical (unpaired) electrons. The molecule has 8 nitrogen and oxygen atoms in total. The highest BCUT2D eigenvalue weighted by molar-refractivity contribution is 8.00. The molecule has 1 saturated heterocycles. The highest BCUT2D eigenvalue weighted by Crippen LogP contribution is 2.23. The zero-order chi connectivity index (χ0) is 15.4. The minimum Gasteiger partial charge on any atom is -0.480 e. The van der Waals surface area contributed by atoms with Gasteiger partial charge in [0, 0.05) is 27.2 Å². The SMILES string of the molecule is CC(Sc1nc(N(C)C)nc(N2CCOCC2)n1)C(=O)O. The number of carboxylic acid groups (broad SMARTS) is 1. The number of aliphatic carboxylic acids is 1. The normalized spacial score (nSPS) is 16.6. The first-order valence-corrected chi connectivity index (χ1v) is 7.51. The Morgan fingerprint density at radius 3 is 2.57 bits per heavy atom. The Bertz CT molecular complexity index is 508. The first-order chi connectivity index (χ1) is 9.97. The van der Waals surface area contributed by atoms with Gasteiger partial charge in [0.1, 0.15) is 5.25 Å². The third-order valence-electron chi connectivity index (χ3n) is 2.92. The van der Waals surface area contributed by atoms with Crippen LogP contribution in [0.15, 0.2) is 5.16 Å². The van der Waals surface area contributed by atoms with Gasteiger partial charge in [0.2, 0.25) is 11.9 Å². The number of morpholine rings is 1. The monoisotopic (exact) mass is 313 g/mol. The van der Waals surface area contributed by atoms with E-state index in [0.717, 1.165) is 24.9 Å². The van der Waals surface area contributed by atoms with Gasteiger partial charge in [-0.25, -0.2) is 0 Å². The zero-order valence-electron chi connectivity index (χ0n) is 12.3. The van der Waals surface area contributed by atoms with Gasteiger partial charge in [-0.05, 0) is 6.92 Å². The van der Waals surface area contributed by atoms with Crippen molar-refractivity contribution in [3.63, 3.8) is 0 Å². The molecule has 2 heterocycles. The Hall–Kier alpha value is -1.61. The Balaban J connectivity index is 2.27. The van der Waals surface area contributed by atoms with Crippen molar-refractivity contribution in [1.29, 1.82) is 0 Å². The molecule has 1 aromatic heterocycles. The fraction of sp³-hybridized carbons (Fsp3) is 0.667. The maximum Gasteiger partial charge on any atom is 0.316 e. The van der Waals surface area contributed by atoms with Crippen LogP contribution >= 0.6 is 11.8 Å². The summed E-state index contributed by atoms with van der Waals surface area (Å²) in [7, 11) is 3.68. The lowest BCUT2D eigenvalue weighted by Gasteiger charge is -2.27. The summed E-state index contributed by atoms with van der Waals surface area (Å²) < 4.78 is 5.32. The van der Waals surface area contributed by atoms with E-state index in [9.17, 15) is 4.79 Å². The quantitative estimate of drug-likeness (QED) is 0.772. The number of carboxylic acids is 1. The summed E-state index contributed by atoms with van der Waals surface area (Å²) in [6.07, 6.45) is 0. The first kappa shape index (κ1) is 15.8. The van der Waals surface area contributed by atoms with Crippen molar-refractivity contribution >= 4 is 29.6 Å². The van der Waals surface area contributed by atoms with E-state index in [1.807, 2.05) is 19.0 Å². The molecule has 1 aromatic rings. The summed E-state index contributed by atoms with van der Waals surface area (Å²) >= 11 is 1.12. The lowest BCUT2D eigenvalue weighted by molar-refractivity contribution is -0.136. The highest BCUT2D eigenvalue weighted by atomic mass is 32.2.